The summed E-state index contributed by atoms with van der Waals surface area (Å²) in [4.78, 5) is 8.54. The molecule has 0 saturated heterocycles. The number of benzene rings is 1. The highest BCUT2D eigenvalue weighted by molar-refractivity contribution is 5.58. The number of hydrogen-bond donors (Lipinski definition) is 0. The van der Waals surface area contributed by atoms with Gasteiger partial charge in [0.1, 0.15) is 0 Å². The summed E-state index contributed by atoms with van der Waals surface area (Å²) in [7, 11) is 1.55. The van der Waals surface area contributed by atoms with Crippen molar-refractivity contribution in [3.8, 4) is 17.4 Å². The number of methoxy groups -OCH3 is 1. The van der Waals surface area contributed by atoms with Gasteiger partial charge in [-0.1, -0.05) is 30.3 Å². The minimum absolute atomic E-state index is 0.344. The fourth-order valence-corrected chi connectivity index (χ4v) is 1.67. The fraction of sp³-hybridized carbons (Fsp3) is 0.0833. The zero-order valence-electron chi connectivity index (χ0n) is 9.24. The van der Waals surface area contributed by atoms with Crippen molar-refractivity contribution in [2.24, 2.45) is 0 Å². The summed E-state index contributed by atoms with van der Waals surface area (Å²) in [6.07, 6.45) is 1.69. The lowest BCUT2D eigenvalue weighted by molar-refractivity contribution is 0.380. The van der Waals surface area contributed by atoms with E-state index in [1.807, 2.05) is 36.4 Å². The molecule has 0 atom stereocenters. The Labute approximate surface area is 97.7 Å². The molecule has 0 aliphatic carbocycles. The van der Waals surface area contributed by atoms with Crippen molar-refractivity contribution in [1.29, 1.82) is 0 Å². The molecule has 2 heterocycles. The minimum atomic E-state index is 0.344. The van der Waals surface area contributed by atoms with Crippen molar-refractivity contribution in [3.63, 3.8) is 0 Å². The second-order valence-electron chi connectivity index (χ2n) is 3.50. The third-order valence-electron chi connectivity index (χ3n) is 2.45. The SMILES string of the molecule is COc1nc(-c2ccccc2)n2nccc2n1. The lowest BCUT2D eigenvalue weighted by Gasteiger charge is -2.05. The maximum absolute atomic E-state index is 5.09. The smallest absolute Gasteiger partial charge is 0.320 e. The third kappa shape index (κ3) is 1.61. The third-order valence-corrected chi connectivity index (χ3v) is 2.45. The molecule has 1 aromatic carbocycles. The molecule has 0 aliphatic rings. The van der Waals surface area contributed by atoms with Gasteiger partial charge < -0.3 is 4.74 Å². The number of fused-ring (bicyclic) bond motifs is 1. The van der Waals surface area contributed by atoms with Crippen LogP contribution in [-0.4, -0.2) is 26.7 Å². The van der Waals surface area contributed by atoms with E-state index >= 15 is 0 Å². The number of ether oxygens (including phenoxy) is 1. The van der Waals surface area contributed by atoms with E-state index in [1.165, 1.54) is 0 Å². The van der Waals surface area contributed by atoms with E-state index in [4.69, 9.17) is 4.74 Å². The van der Waals surface area contributed by atoms with Crippen molar-refractivity contribution in [2.45, 2.75) is 0 Å². The molecular formula is C12H10N4O. The maximum atomic E-state index is 5.09. The molecule has 5 nitrogen and oxygen atoms in total. The van der Waals surface area contributed by atoms with E-state index in [0.29, 0.717) is 6.01 Å². The summed E-state index contributed by atoms with van der Waals surface area (Å²) in [6, 6.07) is 12.0. The molecule has 5 heteroatoms. The minimum Gasteiger partial charge on any atom is -0.467 e. The van der Waals surface area contributed by atoms with Gasteiger partial charge in [0.15, 0.2) is 11.5 Å². The normalized spacial score (nSPS) is 10.6. The Morgan fingerprint density at radius 1 is 1.06 bits per heavy atom. The quantitative estimate of drug-likeness (QED) is 0.668. The van der Waals surface area contributed by atoms with E-state index < -0.39 is 0 Å². The van der Waals surface area contributed by atoms with Crippen LogP contribution < -0.4 is 4.74 Å². The summed E-state index contributed by atoms with van der Waals surface area (Å²) in [6.45, 7) is 0. The molecule has 0 saturated carbocycles. The largest absolute Gasteiger partial charge is 0.467 e. The zero-order chi connectivity index (χ0) is 11.7. The van der Waals surface area contributed by atoms with Gasteiger partial charge in [-0.15, -0.1) is 0 Å². The maximum Gasteiger partial charge on any atom is 0.320 e. The van der Waals surface area contributed by atoms with Crippen molar-refractivity contribution < 1.29 is 4.74 Å². The molecule has 0 radical (unpaired) electrons. The van der Waals surface area contributed by atoms with Crippen molar-refractivity contribution in [3.05, 3.63) is 42.6 Å². The molecule has 0 amide bonds. The Hall–Kier alpha value is -2.43. The fourth-order valence-electron chi connectivity index (χ4n) is 1.67. The average molecular weight is 226 g/mol. The Morgan fingerprint density at radius 2 is 1.88 bits per heavy atom. The summed E-state index contributed by atoms with van der Waals surface area (Å²) in [5, 5.41) is 4.21. The molecule has 0 N–H and O–H groups in total. The van der Waals surface area contributed by atoms with Crippen LogP contribution in [0.2, 0.25) is 0 Å². The monoisotopic (exact) mass is 226 g/mol. The van der Waals surface area contributed by atoms with Gasteiger partial charge in [0.2, 0.25) is 0 Å². The molecular weight excluding hydrogens is 216 g/mol. The van der Waals surface area contributed by atoms with Crippen LogP contribution in [0.15, 0.2) is 42.6 Å². The van der Waals surface area contributed by atoms with Gasteiger partial charge in [0, 0.05) is 11.6 Å². The van der Waals surface area contributed by atoms with Gasteiger partial charge in [-0.05, 0) is 0 Å². The Morgan fingerprint density at radius 3 is 2.65 bits per heavy atom. The standard InChI is InChI=1S/C12H10N4O/c1-17-12-14-10-7-8-13-16(10)11(15-12)9-5-3-2-4-6-9/h2-8H,1H3. The van der Waals surface area contributed by atoms with E-state index in [-0.39, 0.29) is 0 Å². The molecule has 0 fully saturated rings. The zero-order valence-corrected chi connectivity index (χ0v) is 9.24. The first-order valence-electron chi connectivity index (χ1n) is 5.19. The number of hydrogen-bond acceptors (Lipinski definition) is 4. The Balaban J connectivity index is 2.30. The van der Waals surface area contributed by atoms with Gasteiger partial charge in [-0.3, -0.25) is 0 Å². The second kappa shape index (κ2) is 3.86. The predicted octanol–water partition coefficient (Wildman–Crippen LogP) is 1.80. The van der Waals surface area contributed by atoms with Gasteiger partial charge in [-0.2, -0.15) is 19.6 Å². The number of aromatic nitrogens is 4. The molecule has 3 rings (SSSR count). The first-order valence-corrected chi connectivity index (χ1v) is 5.19. The summed E-state index contributed by atoms with van der Waals surface area (Å²) < 4.78 is 6.78. The summed E-state index contributed by atoms with van der Waals surface area (Å²) in [5.74, 6) is 0.720. The van der Waals surface area contributed by atoms with Crippen LogP contribution in [-0.2, 0) is 0 Å². The molecule has 0 unspecified atom stereocenters. The van der Waals surface area contributed by atoms with Gasteiger partial charge >= 0.3 is 6.01 Å². The molecule has 84 valence electrons. The van der Waals surface area contributed by atoms with Crippen molar-refractivity contribution in [2.75, 3.05) is 7.11 Å². The van der Waals surface area contributed by atoms with Crippen molar-refractivity contribution >= 4 is 5.65 Å². The van der Waals surface area contributed by atoms with Crippen LogP contribution in [0.4, 0.5) is 0 Å². The first-order chi connectivity index (χ1) is 8.38. The van der Waals surface area contributed by atoms with E-state index in [1.54, 1.807) is 17.8 Å². The summed E-state index contributed by atoms with van der Waals surface area (Å²) in [5.41, 5.74) is 1.69. The Bertz CT molecular complexity index is 648. The van der Waals surface area contributed by atoms with Crippen LogP contribution in [0.1, 0.15) is 0 Å². The van der Waals surface area contributed by atoms with Gasteiger partial charge in [0.25, 0.3) is 0 Å². The molecule has 0 bridgehead atoms. The van der Waals surface area contributed by atoms with E-state index in [2.05, 4.69) is 15.1 Å². The molecule has 3 aromatic rings. The highest BCUT2D eigenvalue weighted by Gasteiger charge is 2.09. The lowest BCUT2D eigenvalue weighted by atomic mass is 10.2. The number of nitrogens with zero attached hydrogens (tertiary/aromatic N) is 4. The van der Waals surface area contributed by atoms with Crippen LogP contribution >= 0.6 is 0 Å². The predicted molar refractivity (Wildman–Crippen MR) is 62.8 cm³/mol. The second-order valence-corrected chi connectivity index (χ2v) is 3.50. The Kier molecular flexibility index (Phi) is 2.22. The van der Waals surface area contributed by atoms with E-state index in [9.17, 15) is 0 Å². The average Bonchev–Trinajstić information content (AvgIpc) is 2.86. The van der Waals surface area contributed by atoms with Crippen molar-refractivity contribution in [1.82, 2.24) is 19.6 Å². The first kappa shape index (κ1) is 9.77. The highest BCUT2D eigenvalue weighted by atomic mass is 16.5. The lowest BCUT2D eigenvalue weighted by Crippen LogP contribution is -2.02. The molecule has 17 heavy (non-hydrogen) atoms. The van der Waals surface area contributed by atoms with Gasteiger partial charge in [0.05, 0.1) is 13.3 Å². The molecule has 0 aliphatic heterocycles. The summed E-state index contributed by atoms with van der Waals surface area (Å²) >= 11 is 0. The molecule has 0 spiro atoms. The van der Waals surface area contributed by atoms with Crippen LogP contribution in [0.3, 0.4) is 0 Å². The van der Waals surface area contributed by atoms with Gasteiger partial charge in [-0.25, -0.2) is 0 Å². The van der Waals surface area contributed by atoms with Crippen LogP contribution in [0.25, 0.3) is 17.0 Å². The van der Waals surface area contributed by atoms with E-state index in [0.717, 1.165) is 17.0 Å². The van der Waals surface area contributed by atoms with Crippen LogP contribution in [0, 0.1) is 0 Å². The van der Waals surface area contributed by atoms with Crippen LogP contribution in [0.5, 0.6) is 6.01 Å². The number of rotatable bonds is 2. The molecule has 2 aromatic heterocycles. The highest BCUT2D eigenvalue weighted by Crippen LogP contribution is 2.19. The topological polar surface area (TPSA) is 52.3 Å².